The molecule has 104 valence electrons. The highest BCUT2D eigenvalue weighted by Gasteiger charge is 2.33. The molecule has 1 unspecified atom stereocenters. The number of nitrogens with one attached hydrogen (secondary N) is 1. The van der Waals surface area contributed by atoms with Crippen LogP contribution in [0.2, 0.25) is 0 Å². The van der Waals surface area contributed by atoms with Crippen LogP contribution < -0.4 is 10.2 Å². The number of ether oxygens (including phenoxy) is 2. The number of anilines is 1. The van der Waals surface area contributed by atoms with Crippen molar-refractivity contribution in [2.24, 2.45) is 7.05 Å². The van der Waals surface area contributed by atoms with E-state index >= 15 is 0 Å². The van der Waals surface area contributed by atoms with E-state index in [1.807, 2.05) is 0 Å². The summed E-state index contributed by atoms with van der Waals surface area (Å²) >= 11 is 0. The van der Waals surface area contributed by atoms with Crippen LogP contribution in [-0.2, 0) is 16.5 Å². The Kier molecular flexibility index (Phi) is 3.88. The average molecular weight is 268 g/mol. The number of hydrogen-bond donors (Lipinski definition) is 1. The SMILES string of the molecule is CCOC(=O)NCC1CN(c2ccnn2C)C(=O)O1. The van der Waals surface area contributed by atoms with Crippen molar-refractivity contribution in [3.8, 4) is 0 Å². The molecule has 1 atom stereocenters. The molecule has 1 aliphatic heterocycles. The number of aryl methyl sites for hydroxylation is 1. The number of hydrogen-bond acceptors (Lipinski definition) is 5. The smallest absolute Gasteiger partial charge is 0.416 e. The minimum absolute atomic E-state index is 0.221. The summed E-state index contributed by atoms with van der Waals surface area (Å²) in [5.41, 5.74) is 0. The molecule has 2 rings (SSSR count). The second kappa shape index (κ2) is 5.59. The number of cyclic esters (lactones) is 1. The van der Waals surface area contributed by atoms with Gasteiger partial charge in [0.15, 0.2) is 0 Å². The Morgan fingerprint density at radius 3 is 3.11 bits per heavy atom. The molecule has 19 heavy (non-hydrogen) atoms. The van der Waals surface area contributed by atoms with Crippen LogP contribution >= 0.6 is 0 Å². The predicted octanol–water partition coefficient (Wildman–Crippen LogP) is 0.491. The zero-order chi connectivity index (χ0) is 13.8. The molecule has 1 N–H and O–H groups in total. The molecule has 1 saturated heterocycles. The van der Waals surface area contributed by atoms with Crippen LogP contribution in [0.1, 0.15) is 6.92 Å². The molecule has 0 radical (unpaired) electrons. The van der Waals surface area contributed by atoms with Gasteiger partial charge in [0.1, 0.15) is 11.9 Å². The lowest BCUT2D eigenvalue weighted by atomic mass is 10.3. The van der Waals surface area contributed by atoms with Gasteiger partial charge in [-0.3, -0.25) is 9.58 Å². The fraction of sp³-hybridized carbons (Fsp3) is 0.545. The normalized spacial score (nSPS) is 18.3. The fourth-order valence-electron chi connectivity index (χ4n) is 1.83. The van der Waals surface area contributed by atoms with Gasteiger partial charge in [0.05, 0.1) is 25.9 Å². The van der Waals surface area contributed by atoms with Gasteiger partial charge in [-0.15, -0.1) is 0 Å². The number of rotatable bonds is 4. The van der Waals surface area contributed by atoms with Gasteiger partial charge in [-0.05, 0) is 6.92 Å². The summed E-state index contributed by atoms with van der Waals surface area (Å²) in [5, 5.41) is 6.54. The molecular formula is C11H16N4O4. The standard InChI is InChI=1S/C11H16N4O4/c1-3-18-10(16)12-6-8-7-15(11(17)19-8)9-4-5-13-14(9)2/h4-5,8H,3,6-7H2,1-2H3,(H,12,16). The highest BCUT2D eigenvalue weighted by molar-refractivity contribution is 5.88. The highest BCUT2D eigenvalue weighted by atomic mass is 16.6. The van der Waals surface area contributed by atoms with Gasteiger partial charge in [-0.1, -0.05) is 0 Å². The molecule has 2 heterocycles. The van der Waals surface area contributed by atoms with Crippen molar-refractivity contribution < 1.29 is 19.1 Å². The van der Waals surface area contributed by atoms with Crippen LogP contribution in [0, 0.1) is 0 Å². The predicted molar refractivity (Wildman–Crippen MR) is 65.8 cm³/mol. The molecule has 0 saturated carbocycles. The van der Waals surface area contributed by atoms with E-state index in [-0.39, 0.29) is 6.54 Å². The summed E-state index contributed by atoms with van der Waals surface area (Å²) in [6.07, 6.45) is 0.246. The first-order chi connectivity index (χ1) is 9.11. The summed E-state index contributed by atoms with van der Waals surface area (Å²) in [6.45, 7) is 2.61. The maximum Gasteiger partial charge on any atom is 0.416 e. The van der Waals surface area contributed by atoms with Crippen LogP contribution in [-0.4, -0.2) is 47.8 Å². The molecule has 0 aromatic carbocycles. The summed E-state index contributed by atoms with van der Waals surface area (Å²) in [7, 11) is 1.74. The molecule has 1 aromatic heterocycles. The monoisotopic (exact) mass is 268 g/mol. The minimum Gasteiger partial charge on any atom is -0.450 e. The van der Waals surface area contributed by atoms with Gasteiger partial charge in [-0.2, -0.15) is 5.10 Å². The first kappa shape index (κ1) is 13.2. The van der Waals surface area contributed by atoms with Crippen molar-refractivity contribution in [1.29, 1.82) is 0 Å². The number of alkyl carbamates (subject to hydrolysis) is 1. The number of nitrogens with zero attached hydrogens (tertiary/aromatic N) is 3. The number of carbonyl (C=O) groups is 2. The summed E-state index contributed by atoms with van der Waals surface area (Å²) in [4.78, 5) is 24.3. The lowest BCUT2D eigenvalue weighted by Crippen LogP contribution is -2.35. The molecule has 1 aromatic rings. The van der Waals surface area contributed by atoms with Crippen molar-refractivity contribution in [1.82, 2.24) is 15.1 Å². The molecule has 2 amide bonds. The fourth-order valence-corrected chi connectivity index (χ4v) is 1.83. The molecule has 1 fully saturated rings. The Labute approximate surface area is 110 Å². The molecule has 8 heteroatoms. The van der Waals surface area contributed by atoms with Crippen molar-refractivity contribution in [2.75, 3.05) is 24.6 Å². The third-order valence-electron chi connectivity index (χ3n) is 2.70. The minimum atomic E-state index is -0.516. The second-order valence-electron chi connectivity index (χ2n) is 4.03. The van der Waals surface area contributed by atoms with Crippen LogP contribution in [0.4, 0.5) is 15.4 Å². The Bertz CT molecular complexity index is 473. The van der Waals surface area contributed by atoms with E-state index in [4.69, 9.17) is 9.47 Å². The van der Waals surface area contributed by atoms with Crippen molar-refractivity contribution in [2.45, 2.75) is 13.0 Å². The molecule has 0 spiro atoms. The first-order valence-electron chi connectivity index (χ1n) is 5.98. The largest absolute Gasteiger partial charge is 0.450 e. The quantitative estimate of drug-likeness (QED) is 0.859. The van der Waals surface area contributed by atoms with E-state index in [1.54, 1.807) is 30.9 Å². The maximum absolute atomic E-state index is 11.7. The van der Waals surface area contributed by atoms with E-state index < -0.39 is 18.3 Å². The van der Waals surface area contributed by atoms with Gasteiger partial charge in [-0.25, -0.2) is 9.59 Å². The number of carbonyl (C=O) groups excluding carboxylic acids is 2. The van der Waals surface area contributed by atoms with Crippen molar-refractivity contribution >= 4 is 18.0 Å². The molecule has 1 aliphatic rings. The zero-order valence-corrected chi connectivity index (χ0v) is 10.8. The number of aromatic nitrogens is 2. The lowest BCUT2D eigenvalue weighted by molar-refractivity contribution is 0.127. The van der Waals surface area contributed by atoms with Crippen LogP contribution in [0.5, 0.6) is 0 Å². The molecule has 8 nitrogen and oxygen atoms in total. The topological polar surface area (TPSA) is 85.7 Å². The molecular weight excluding hydrogens is 252 g/mol. The van der Waals surface area contributed by atoms with Crippen molar-refractivity contribution in [3.05, 3.63) is 12.3 Å². The van der Waals surface area contributed by atoms with Gasteiger partial charge < -0.3 is 14.8 Å². The average Bonchev–Trinajstić information content (AvgIpc) is 2.93. The molecule has 0 bridgehead atoms. The third kappa shape index (κ3) is 2.95. The number of amides is 2. The Morgan fingerprint density at radius 2 is 2.47 bits per heavy atom. The van der Waals surface area contributed by atoms with Gasteiger partial charge in [0, 0.05) is 13.1 Å². The van der Waals surface area contributed by atoms with Crippen molar-refractivity contribution in [3.63, 3.8) is 0 Å². The van der Waals surface area contributed by atoms with E-state index in [9.17, 15) is 9.59 Å². The Balaban J connectivity index is 1.89. The highest BCUT2D eigenvalue weighted by Crippen LogP contribution is 2.20. The Hall–Kier alpha value is -2.25. The van der Waals surface area contributed by atoms with Gasteiger partial charge >= 0.3 is 12.2 Å². The Morgan fingerprint density at radius 1 is 1.68 bits per heavy atom. The van der Waals surface area contributed by atoms with E-state index in [1.165, 1.54) is 4.90 Å². The second-order valence-corrected chi connectivity index (χ2v) is 4.03. The first-order valence-corrected chi connectivity index (χ1v) is 5.98. The molecule has 0 aliphatic carbocycles. The van der Waals surface area contributed by atoms with E-state index in [0.717, 1.165) is 0 Å². The van der Waals surface area contributed by atoms with Crippen LogP contribution in [0.3, 0.4) is 0 Å². The lowest BCUT2D eigenvalue weighted by Gasteiger charge is -2.12. The van der Waals surface area contributed by atoms with E-state index in [2.05, 4.69) is 10.4 Å². The summed E-state index contributed by atoms with van der Waals surface area (Å²) < 4.78 is 11.5. The third-order valence-corrected chi connectivity index (χ3v) is 2.70. The van der Waals surface area contributed by atoms with Gasteiger partial charge in [0.2, 0.25) is 0 Å². The summed E-state index contributed by atoms with van der Waals surface area (Å²) in [5.74, 6) is 0.656. The van der Waals surface area contributed by atoms with Crippen LogP contribution in [0.15, 0.2) is 12.3 Å². The zero-order valence-electron chi connectivity index (χ0n) is 10.8. The van der Waals surface area contributed by atoms with Gasteiger partial charge in [0.25, 0.3) is 0 Å². The van der Waals surface area contributed by atoms with Crippen LogP contribution in [0.25, 0.3) is 0 Å². The van der Waals surface area contributed by atoms with E-state index in [0.29, 0.717) is 19.0 Å². The maximum atomic E-state index is 11.7. The summed E-state index contributed by atoms with van der Waals surface area (Å²) in [6, 6.07) is 1.72.